The van der Waals surface area contributed by atoms with Gasteiger partial charge in [-0.1, -0.05) is 19.1 Å². The maximum absolute atomic E-state index is 13.7. The van der Waals surface area contributed by atoms with Crippen LogP contribution in [0.15, 0.2) is 36.4 Å². The Morgan fingerprint density at radius 1 is 1.15 bits per heavy atom. The molecule has 0 aliphatic carbocycles. The van der Waals surface area contributed by atoms with Crippen LogP contribution in [0.4, 0.5) is 10.1 Å². The molecule has 142 valence electrons. The van der Waals surface area contributed by atoms with Gasteiger partial charge in [0.25, 0.3) is 0 Å². The van der Waals surface area contributed by atoms with Crippen LogP contribution < -0.4 is 15.4 Å². The van der Waals surface area contributed by atoms with Gasteiger partial charge in [-0.3, -0.25) is 9.59 Å². The van der Waals surface area contributed by atoms with E-state index in [1.807, 2.05) is 19.1 Å². The average molecular weight is 372 g/mol. The second-order valence-corrected chi connectivity index (χ2v) is 6.17. The first-order valence-electron chi connectivity index (χ1n) is 8.76. The summed E-state index contributed by atoms with van der Waals surface area (Å²) in [7, 11) is 0. The molecular formula is C20H21FN2O4. The highest BCUT2D eigenvalue weighted by atomic mass is 19.1. The number of halogens is 1. The molecule has 0 radical (unpaired) electrons. The summed E-state index contributed by atoms with van der Waals surface area (Å²) in [6.07, 6.45) is 1.23. The van der Waals surface area contributed by atoms with Crippen LogP contribution >= 0.6 is 0 Å². The van der Waals surface area contributed by atoms with E-state index >= 15 is 0 Å². The standard InChI is InChI=1S/C20H21FN2O4/c1-2-13-3-5-17(6-4-13)23-20(25)19(24)22-8-7-14-9-16(21)10-15-11-26-12-27-18(14)15/h3-6,9-10H,2,7-8,11-12H2,1H3,(H,22,24)(H,23,25). The van der Waals surface area contributed by atoms with E-state index in [4.69, 9.17) is 9.47 Å². The van der Waals surface area contributed by atoms with E-state index in [1.54, 1.807) is 12.1 Å². The quantitative estimate of drug-likeness (QED) is 0.791. The van der Waals surface area contributed by atoms with E-state index in [1.165, 1.54) is 12.1 Å². The molecule has 2 N–H and O–H groups in total. The van der Waals surface area contributed by atoms with E-state index in [-0.39, 0.29) is 19.9 Å². The molecule has 0 fully saturated rings. The fourth-order valence-corrected chi connectivity index (χ4v) is 2.85. The van der Waals surface area contributed by atoms with Gasteiger partial charge in [-0.25, -0.2) is 4.39 Å². The molecule has 1 aliphatic heterocycles. The van der Waals surface area contributed by atoms with Gasteiger partial charge in [0.05, 0.1) is 6.61 Å². The van der Waals surface area contributed by atoms with Crippen molar-refractivity contribution in [3.63, 3.8) is 0 Å². The Morgan fingerprint density at radius 2 is 1.93 bits per heavy atom. The molecule has 0 spiro atoms. The van der Waals surface area contributed by atoms with Gasteiger partial charge in [0, 0.05) is 17.8 Å². The first kappa shape index (κ1) is 18.8. The van der Waals surface area contributed by atoms with Crippen LogP contribution in [-0.2, 0) is 33.8 Å². The molecule has 0 bridgehead atoms. The number of rotatable bonds is 5. The van der Waals surface area contributed by atoms with Gasteiger partial charge < -0.3 is 20.1 Å². The molecule has 6 nitrogen and oxygen atoms in total. The van der Waals surface area contributed by atoms with Crippen LogP contribution in [0.25, 0.3) is 0 Å². The van der Waals surface area contributed by atoms with Crippen molar-refractivity contribution < 1.29 is 23.5 Å². The highest BCUT2D eigenvalue weighted by molar-refractivity contribution is 6.39. The van der Waals surface area contributed by atoms with E-state index < -0.39 is 17.6 Å². The molecule has 2 amide bonds. The number of aryl methyl sites for hydroxylation is 1. The fraction of sp³-hybridized carbons (Fsp3) is 0.300. The van der Waals surface area contributed by atoms with Gasteiger partial charge in [0.15, 0.2) is 6.79 Å². The Kier molecular flexibility index (Phi) is 6.03. The van der Waals surface area contributed by atoms with E-state index in [0.717, 1.165) is 12.0 Å². The summed E-state index contributed by atoms with van der Waals surface area (Å²) in [5.74, 6) is -1.30. The predicted octanol–water partition coefficient (Wildman–Crippen LogP) is 2.55. The SMILES string of the molecule is CCc1ccc(NC(=O)C(=O)NCCc2cc(F)cc3c2OCOC3)cc1. The number of carbonyl (C=O) groups excluding carboxylic acids is 2. The lowest BCUT2D eigenvalue weighted by atomic mass is 10.1. The third-order valence-corrected chi connectivity index (χ3v) is 4.26. The number of benzene rings is 2. The number of nitrogens with one attached hydrogen (secondary N) is 2. The fourth-order valence-electron chi connectivity index (χ4n) is 2.85. The van der Waals surface area contributed by atoms with Crippen molar-refractivity contribution in [2.24, 2.45) is 0 Å². The smallest absolute Gasteiger partial charge is 0.313 e. The molecule has 0 saturated carbocycles. The molecule has 2 aromatic carbocycles. The summed E-state index contributed by atoms with van der Waals surface area (Å²) >= 11 is 0. The molecule has 1 heterocycles. The number of carbonyl (C=O) groups is 2. The van der Waals surface area contributed by atoms with E-state index in [9.17, 15) is 14.0 Å². The van der Waals surface area contributed by atoms with Crippen LogP contribution in [0.3, 0.4) is 0 Å². The molecule has 27 heavy (non-hydrogen) atoms. The number of ether oxygens (including phenoxy) is 2. The van der Waals surface area contributed by atoms with Crippen molar-refractivity contribution in [1.29, 1.82) is 0 Å². The topological polar surface area (TPSA) is 76.7 Å². The maximum Gasteiger partial charge on any atom is 0.313 e. The number of hydrogen-bond donors (Lipinski definition) is 2. The van der Waals surface area contributed by atoms with E-state index in [2.05, 4.69) is 10.6 Å². The molecule has 2 aromatic rings. The largest absolute Gasteiger partial charge is 0.467 e. The van der Waals surface area contributed by atoms with Crippen LogP contribution in [0, 0.1) is 5.82 Å². The summed E-state index contributed by atoms with van der Waals surface area (Å²) in [5, 5.41) is 5.09. The van der Waals surface area contributed by atoms with Gasteiger partial charge in [-0.2, -0.15) is 0 Å². The molecular weight excluding hydrogens is 351 g/mol. The van der Waals surface area contributed by atoms with Crippen molar-refractivity contribution in [1.82, 2.24) is 5.32 Å². The van der Waals surface area contributed by atoms with Gasteiger partial charge in [-0.05, 0) is 48.2 Å². The molecule has 1 aliphatic rings. The Balaban J connectivity index is 1.53. The van der Waals surface area contributed by atoms with Gasteiger partial charge in [-0.15, -0.1) is 0 Å². The zero-order valence-electron chi connectivity index (χ0n) is 15.0. The number of amides is 2. The lowest BCUT2D eigenvalue weighted by molar-refractivity contribution is -0.136. The van der Waals surface area contributed by atoms with Crippen LogP contribution in [0.5, 0.6) is 5.75 Å². The van der Waals surface area contributed by atoms with Crippen molar-refractivity contribution in [2.45, 2.75) is 26.4 Å². The summed E-state index contributed by atoms with van der Waals surface area (Å²) < 4.78 is 24.3. The Hall–Kier alpha value is -2.93. The van der Waals surface area contributed by atoms with Gasteiger partial charge in [0.2, 0.25) is 0 Å². The lowest BCUT2D eigenvalue weighted by Gasteiger charge is -2.20. The zero-order chi connectivity index (χ0) is 19.2. The van der Waals surface area contributed by atoms with Crippen molar-refractivity contribution in [2.75, 3.05) is 18.7 Å². The summed E-state index contributed by atoms with van der Waals surface area (Å²) in [6.45, 7) is 2.61. The van der Waals surface area contributed by atoms with Crippen LogP contribution in [0.1, 0.15) is 23.6 Å². The second kappa shape index (κ2) is 8.64. The molecule has 0 atom stereocenters. The van der Waals surface area contributed by atoms with E-state index in [0.29, 0.717) is 29.0 Å². The summed E-state index contributed by atoms with van der Waals surface area (Å²) in [6, 6.07) is 10.0. The molecule has 0 aromatic heterocycles. The summed E-state index contributed by atoms with van der Waals surface area (Å²) in [5.41, 5.74) is 2.96. The number of fused-ring (bicyclic) bond motifs is 1. The first-order chi connectivity index (χ1) is 13.1. The Morgan fingerprint density at radius 3 is 2.67 bits per heavy atom. The third kappa shape index (κ3) is 4.83. The van der Waals surface area contributed by atoms with Crippen molar-refractivity contribution >= 4 is 17.5 Å². The third-order valence-electron chi connectivity index (χ3n) is 4.26. The van der Waals surface area contributed by atoms with Gasteiger partial charge >= 0.3 is 11.8 Å². The number of hydrogen-bond acceptors (Lipinski definition) is 4. The lowest BCUT2D eigenvalue weighted by Crippen LogP contribution is -2.36. The van der Waals surface area contributed by atoms with Crippen molar-refractivity contribution in [3.05, 3.63) is 58.9 Å². The maximum atomic E-state index is 13.7. The second-order valence-electron chi connectivity index (χ2n) is 6.17. The molecule has 0 saturated heterocycles. The highest BCUT2D eigenvalue weighted by Crippen LogP contribution is 2.29. The molecule has 3 rings (SSSR count). The van der Waals surface area contributed by atoms with Crippen molar-refractivity contribution in [3.8, 4) is 5.75 Å². The minimum absolute atomic E-state index is 0.108. The molecule has 7 heteroatoms. The van der Waals surface area contributed by atoms with Crippen LogP contribution in [-0.4, -0.2) is 25.2 Å². The first-order valence-corrected chi connectivity index (χ1v) is 8.76. The van der Waals surface area contributed by atoms with Gasteiger partial charge in [0.1, 0.15) is 11.6 Å². The predicted molar refractivity (Wildman–Crippen MR) is 97.8 cm³/mol. The monoisotopic (exact) mass is 372 g/mol. The minimum atomic E-state index is -0.746. The normalized spacial score (nSPS) is 12.7. The molecule has 0 unspecified atom stereocenters. The Labute approximate surface area is 156 Å². The zero-order valence-corrected chi connectivity index (χ0v) is 15.0. The minimum Gasteiger partial charge on any atom is -0.467 e. The summed E-state index contributed by atoms with van der Waals surface area (Å²) in [4.78, 5) is 23.9. The Bertz CT molecular complexity index is 837. The number of anilines is 1. The highest BCUT2D eigenvalue weighted by Gasteiger charge is 2.18. The average Bonchev–Trinajstić information content (AvgIpc) is 2.68. The van der Waals surface area contributed by atoms with Crippen LogP contribution in [0.2, 0.25) is 0 Å².